The van der Waals surface area contributed by atoms with Crippen LogP contribution in [0.4, 0.5) is 0 Å². The lowest BCUT2D eigenvalue weighted by Crippen LogP contribution is -1.97. The van der Waals surface area contributed by atoms with Crippen molar-refractivity contribution >= 4 is 29.3 Å². The highest BCUT2D eigenvalue weighted by atomic mass is 35.5. The SMILES string of the molecule is O=C(O)CSc1ccc(Cl)cn1. The lowest BCUT2D eigenvalue weighted by atomic mass is 10.5. The molecule has 0 aliphatic heterocycles. The van der Waals surface area contributed by atoms with Crippen molar-refractivity contribution < 1.29 is 9.90 Å². The Bertz CT molecular complexity index is 275. The normalized spacial score (nSPS) is 9.75. The fourth-order valence-corrected chi connectivity index (χ4v) is 1.26. The van der Waals surface area contributed by atoms with Crippen molar-refractivity contribution in [2.24, 2.45) is 0 Å². The van der Waals surface area contributed by atoms with Gasteiger partial charge in [-0.15, -0.1) is 0 Å². The molecule has 0 saturated heterocycles. The predicted octanol–water partition coefficient (Wildman–Crippen LogP) is 1.91. The molecule has 64 valence electrons. The fourth-order valence-electron chi connectivity index (χ4n) is 0.583. The number of thioether (sulfide) groups is 1. The summed E-state index contributed by atoms with van der Waals surface area (Å²) in [6, 6.07) is 3.37. The maximum atomic E-state index is 10.2. The number of hydrogen-bond donors (Lipinski definition) is 1. The summed E-state index contributed by atoms with van der Waals surface area (Å²) >= 11 is 6.75. The molecular weight excluding hydrogens is 198 g/mol. The third-order valence-corrected chi connectivity index (χ3v) is 2.20. The standard InChI is InChI=1S/C7H6ClNO2S/c8-5-1-2-6(9-3-5)12-4-7(10)11/h1-3H,4H2,(H,10,11). The minimum absolute atomic E-state index is 0.0225. The van der Waals surface area contributed by atoms with Gasteiger partial charge in [0, 0.05) is 6.20 Å². The summed E-state index contributed by atoms with van der Waals surface area (Å²) in [6.45, 7) is 0. The minimum Gasteiger partial charge on any atom is -0.481 e. The molecule has 0 amide bonds. The molecule has 1 heterocycles. The Hall–Kier alpha value is -0.740. The van der Waals surface area contributed by atoms with Crippen molar-refractivity contribution in [1.82, 2.24) is 4.98 Å². The second kappa shape index (κ2) is 4.33. The second-order valence-electron chi connectivity index (χ2n) is 2.00. The molecule has 1 N–H and O–H groups in total. The Labute approximate surface area is 78.8 Å². The van der Waals surface area contributed by atoms with E-state index < -0.39 is 5.97 Å². The van der Waals surface area contributed by atoms with Crippen LogP contribution >= 0.6 is 23.4 Å². The number of nitrogens with zero attached hydrogens (tertiary/aromatic N) is 1. The first-order valence-electron chi connectivity index (χ1n) is 3.14. The molecule has 1 rings (SSSR count). The number of hydrogen-bond acceptors (Lipinski definition) is 3. The van der Waals surface area contributed by atoms with Crippen LogP contribution in [0.3, 0.4) is 0 Å². The molecular formula is C7H6ClNO2S. The van der Waals surface area contributed by atoms with Crippen LogP contribution < -0.4 is 0 Å². The van der Waals surface area contributed by atoms with Gasteiger partial charge in [-0.2, -0.15) is 0 Å². The van der Waals surface area contributed by atoms with Crippen molar-refractivity contribution in [3.63, 3.8) is 0 Å². The molecule has 0 radical (unpaired) electrons. The summed E-state index contributed by atoms with van der Waals surface area (Å²) in [7, 11) is 0. The van der Waals surface area contributed by atoms with Gasteiger partial charge in [0.15, 0.2) is 0 Å². The Balaban J connectivity index is 2.53. The summed E-state index contributed by atoms with van der Waals surface area (Å²) in [5, 5.41) is 9.57. The molecule has 0 unspecified atom stereocenters. The predicted molar refractivity (Wildman–Crippen MR) is 47.6 cm³/mol. The number of aliphatic carboxylic acids is 1. The lowest BCUT2D eigenvalue weighted by molar-refractivity contribution is -0.133. The number of halogens is 1. The molecule has 0 spiro atoms. The van der Waals surface area contributed by atoms with Crippen LogP contribution in [-0.4, -0.2) is 21.8 Å². The Kier molecular flexibility index (Phi) is 3.37. The number of carboxylic acid groups (broad SMARTS) is 1. The zero-order chi connectivity index (χ0) is 8.97. The van der Waals surface area contributed by atoms with E-state index in [1.165, 1.54) is 18.0 Å². The lowest BCUT2D eigenvalue weighted by Gasteiger charge is -1.95. The smallest absolute Gasteiger partial charge is 0.313 e. The van der Waals surface area contributed by atoms with Gasteiger partial charge in [0.25, 0.3) is 0 Å². The monoisotopic (exact) mass is 203 g/mol. The Morgan fingerprint density at radius 1 is 1.67 bits per heavy atom. The van der Waals surface area contributed by atoms with Crippen molar-refractivity contribution in [3.8, 4) is 0 Å². The van der Waals surface area contributed by atoms with Gasteiger partial charge < -0.3 is 5.11 Å². The van der Waals surface area contributed by atoms with E-state index in [9.17, 15) is 4.79 Å². The average molecular weight is 204 g/mol. The van der Waals surface area contributed by atoms with Crippen LogP contribution in [0.15, 0.2) is 23.4 Å². The summed E-state index contributed by atoms with van der Waals surface area (Å²) in [6.07, 6.45) is 1.49. The maximum absolute atomic E-state index is 10.2. The summed E-state index contributed by atoms with van der Waals surface area (Å²) in [4.78, 5) is 14.1. The zero-order valence-corrected chi connectivity index (χ0v) is 7.60. The third-order valence-electron chi connectivity index (χ3n) is 1.04. The molecule has 0 bridgehead atoms. The summed E-state index contributed by atoms with van der Waals surface area (Å²) < 4.78 is 0. The highest BCUT2D eigenvalue weighted by Gasteiger charge is 1.99. The van der Waals surface area contributed by atoms with Gasteiger partial charge in [0.1, 0.15) is 0 Å². The fraction of sp³-hybridized carbons (Fsp3) is 0.143. The Morgan fingerprint density at radius 3 is 2.92 bits per heavy atom. The van der Waals surface area contributed by atoms with Gasteiger partial charge in [0.2, 0.25) is 0 Å². The van der Waals surface area contributed by atoms with Gasteiger partial charge in [-0.25, -0.2) is 4.98 Å². The van der Waals surface area contributed by atoms with E-state index in [1.54, 1.807) is 12.1 Å². The van der Waals surface area contributed by atoms with E-state index in [-0.39, 0.29) is 5.75 Å². The molecule has 0 fully saturated rings. The van der Waals surface area contributed by atoms with Crippen molar-refractivity contribution in [2.45, 2.75) is 5.03 Å². The van der Waals surface area contributed by atoms with E-state index in [4.69, 9.17) is 16.7 Å². The quantitative estimate of drug-likeness (QED) is 0.763. The van der Waals surface area contributed by atoms with Gasteiger partial charge in [0.05, 0.1) is 15.8 Å². The molecule has 0 aliphatic carbocycles. The molecule has 1 aromatic heterocycles. The number of aromatic nitrogens is 1. The topological polar surface area (TPSA) is 50.2 Å². The zero-order valence-electron chi connectivity index (χ0n) is 6.03. The van der Waals surface area contributed by atoms with Crippen LogP contribution in [0, 0.1) is 0 Å². The third kappa shape index (κ3) is 3.11. The van der Waals surface area contributed by atoms with E-state index >= 15 is 0 Å². The highest BCUT2D eigenvalue weighted by Crippen LogP contribution is 2.16. The van der Waals surface area contributed by atoms with Crippen LogP contribution in [-0.2, 0) is 4.79 Å². The van der Waals surface area contributed by atoms with Crippen molar-refractivity contribution in [3.05, 3.63) is 23.4 Å². The van der Waals surface area contributed by atoms with Crippen LogP contribution in [0.25, 0.3) is 0 Å². The van der Waals surface area contributed by atoms with E-state index in [1.807, 2.05) is 0 Å². The number of carbonyl (C=O) groups is 1. The second-order valence-corrected chi connectivity index (χ2v) is 3.43. The molecule has 0 saturated carbocycles. The largest absolute Gasteiger partial charge is 0.481 e. The van der Waals surface area contributed by atoms with Crippen LogP contribution in [0.1, 0.15) is 0 Å². The molecule has 0 aliphatic rings. The summed E-state index contributed by atoms with van der Waals surface area (Å²) in [5.41, 5.74) is 0. The van der Waals surface area contributed by atoms with Crippen LogP contribution in [0.2, 0.25) is 5.02 Å². The highest BCUT2D eigenvalue weighted by molar-refractivity contribution is 7.99. The number of carboxylic acids is 1. The average Bonchev–Trinajstić information content (AvgIpc) is 2.03. The first-order chi connectivity index (χ1) is 5.68. The van der Waals surface area contributed by atoms with E-state index in [0.29, 0.717) is 10.0 Å². The van der Waals surface area contributed by atoms with Gasteiger partial charge in [-0.1, -0.05) is 23.4 Å². The van der Waals surface area contributed by atoms with Crippen molar-refractivity contribution in [2.75, 3.05) is 5.75 Å². The number of rotatable bonds is 3. The van der Waals surface area contributed by atoms with Gasteiger partial charge in [-0.05, 0) is 12.1 Å². The maximum Gasteiger partial charge on any atom is 0.313 e. The molecule has 0 aromatic carbocycles. The van der Waals surface area contributed by atoms with Crippen molar-refractivity contribution in [1.29, 1.82) is 0 Å². The summed E-state index contributed by atoms with van der Waals surface area (Å²) in [5.74, 6) is -0.828. The Morgan fingerprint density at radius 2 is 2.42 bits per heavy atom. The van der Waals surface area contributed by atoms with Gasteiger partial charge >= 0.3 is 5.97 Å². The van der Waals surface area contributed by atoms with Gasteiger partial charge in [-0.3, -0.25) is 4.79 Å². The first-order valence-corrected chi connectivity index (χ1v) is 4.51. The van der Waals surface area contributed by atoms with Crippen LogP contribution in [0.5, 0.6) is 0 Å². The molecule has 1 aromatic rings. The first kappa shape index (κ1) is 9.35. The number of pyridine rings is 1. The molecule has 0 atom stereocenters. The van der Waals surface area contributed by atoms with E-state index in [0.717, 1.165) is 0 Å². The molecule has 12 heavy (non-hydrogen) atoms. The van der Waals surface area contributed by atoms with E-state index in [2.05, 4.69) is 4.98 Å². The molecule has 3 nitrogen and oxygen atoms in total. The molecule has 5 heteroatoms. The minimum atomic E-state index is -0.850.